The summed E-state index contributed by atoms with van der Waals surface area (Å²) >= 11 is 1.72. The molecule has 1 aromatic heterocycles. The van der Waals surface area contributed by atoms with Crippen LogP contribution in [0.15, 0.2) is 34.0 Å². The zero-order valence-electron chi connectivity index (χ0n) is 11.0. The Hall–Kier alpha value is -1.49. The maximum atomic E-state index is 12.2. The van der Waals surface area contributed by atoms with Crippen LogP contribution in [0.1, 0.15) is 24.2 Å². The Labute approximate surface area is 116 Å². The summed E-state index contributed by atoms with van der Waals surface area (Å²) in [5.41, 5.74) is 1.15. The molecular formula is C14H17N3OS. The van der Waals surface area contributed by atoms with E-state index in [0.29, 0.717) is 6.54 Å². The van der Waals surface area contributed by atoms with E-state index >= 15 is 0 Å². The molecule has 0 atom stereocenters. The fourth-order valence-electron chi connectivity index (χ4n) is 2.46. The molecule has 0 amide bonds. The van der Waals surface area contributed by atoms with Crippen LogP contribution in [0.5, 0.6) is 0 Å². The van der Waals surface area contributed by atoms with Crippen molar-refractivity contribution in [1.29, 1.82) is 0 Å². The molecule has 19 heavy (non-hydrogen) atoms. The summed E-state index contributed by atoms with van der Waals surface area (Å²) < 4.78 is 3.41. The maximum Gasteiger partial charge on any atom is 0.346 e. The molecule has 4 nitrogen and oxygen atoms in total. The number of hydrogen-bond donors (Lipinski definition) is 0. The predicted octanol–water partition coefficient (Wildman–Crippen LogP) is 2.15. The van der Waals surface area contributed by atoms with Crippen molar-refractivity contribution >= 4 is 11.8 Å². The molecule has 0 N–H and O–H groups in total. The lowest BCUT2D eigenvalue weighted by Gasteiger charge is -2.09. The Morgan fingerprint density at radius 2 is 2.05 bits per heavy atom. The molecule has 0 saturated heterocycles. The van der Waals surface area contributed by atoms with Crippen LogP contribution in [0, 0.1) is 0 Å². The van der Waals surface area contributed by atoms with Gasteiger partial charge >= 0.3 is 5.69 Å². The van der Waals surface area contributed by atoms with Gasteiger partial charge in [0.15, 0.2) is 0 Å². The van der Waals surface area contributed by atoms with Gasteiger partial charge in [0, 0.05) is 17.9 Å². The van der Waals surface area contributed by atoms with Gasteiger partial charge in [-0.05, 0) is 36.8 Å². The van der Waals surface area contributed by atoms with Gasteiger partial charge in [-0.25, -0.2) is 9.48 Å². The Balaban J connectivity index is 1.86. The van der Waals surface area contributed by atoms with Gasteiger partial charge in [-0.15, -0.1) is 11.8 Å². The smallest absolute Gasteiger partial charge is 0.279 e. The highest BCUT2D eigenvalue weighted by atomic mass is 32.2. The molecule has 0 unspecified atom stereocenters. The first kappa shape index (κ1) is 12.5. The van der Waals surface area contributed by atoms with Gasteiger partial charge in [0.05, 0.1) is 6.54 Å². The molecule has 2 heterocycles. The van der Waals surface area contributed by atoms with Gasteiger partial charge in [0.25, 0.3) is 0 Å². The summed E-state index contributed by atoms with van der Waals surface area (Å²) in [5.74, 6) is 0.942. The van der Waals surface area contributed by atoms with E-state index in [2.05, 4.69) is 35.6 Å². The normalized spacial score (nSPS) is 14.4. The van der Waals surface area contributed by atoms with Crippen molar-refractivity contribution in [3.05, 3.63) is 46.1 Å². The standard InChI is InChI=1S/C14H17N3OS/c1-19-12-7-5-11(6-8-12)10-17-14(18)16-9-3-2-4-13(16)15-17/h5-8H,2-4,9-10H2,1H3. The van der Waals surface area contributed by atoms with Gasteiger partial charge < -0.3 is 0 Å². The third-order valence-electron chi connectivity index (χ3n) is 3.52. The molecule has 0 aliphatic carbocycles. The predicted molar refractivity (Wildman–Crippen MR) is 76.8 cm³/mol. The van der Waals surface area contributed by atoms with Crippen LogP contribution < -0.4 is 5.69 Å². The van der Waals surface area contributed by atoms with Crippen LogP contribution in [-0.4, -0.2) is 20.6 Å². The molecule has 1 aliphatic rings. The Kier molecular flexibility index (Phi) is 3.46. The fourth-order valence-corrected chi connectivity index (χ4v) is 2.86. The van der Waals surface area contributed by atoms with Crippen LogP contribution in [0.4, 0.5) is 0 Å². The van der Waals surface area contributed by atoms with Crippen molar-refractivity contribution in [3.63, 3.8) is 0 Å². The Morgan fingerprint density at radius 3 is 2.74 bits per heavy atom. The maximum absolute atomic E-state index is 12.2. The van der Waals surface area contributed by atoms with Crippen LogP contribution in [0.25, 0.3) is 0 Å². The number of rotatable bonds is 3. The van der Waals surface area contributed by atoms with Gasteiger partial charge in [0.1, 0.15) is 5.82 Å². The van der Waals surface area contributed by atoms with E-state index in [9.17, 15) is 4.79 Å². The molecule has 1 aromatic carbocycles. The Bertz CT molecular complexity index is 627. The monoisotopic (exact) mass is 275 g/mol. The lowest BCUT2D eigenvalue weighted by atomic mass is 10.2. The van der Waals surface area contributed by atoms with Crippen molar-refractivity contribution in [2.45, 2.75) is 37.2 Å². The van der Waals surface area contributed by atoms with E-state index in [-0.39, 0.29) is 5.69 Å². The van der Waals surface area contributed by atoms with Crippen LogP contribution in [0.2, 0.25) is 0 Å². The highest BCUT2D eigenvalue weighted by molar-refractivity contribution is 7.98. The summed E-state index contributed by atoms with van der Waals surface area (Å²) in [7, 11) is 0. The van der Waals surface area contributed by atoms with Crippen LogP contribution in [-0.2, 0) is 19.5 Å². The lowest BCUT2D eigenvalue weighted by Crippen LogP contribution is -2.27. The van der Waals surface area contributed by atoms with Crippen LogP contribution in [0.3, 0.4) is 0 Å². The van der Waals surface area contributed by atoms with Gasteiger partial charge in [0.2, 0.25) is 0 Å². The number of aryl methyl sites for hydroxylation is 1. The van der Waals surface area contributed by atoms with E-state index in [1.807, 2.05) is 4.57 Å². The molecule has 100 valence electrons. The molecular weight excluding hydrogens is 258 g/mol. The molecule has 0 bridgehead atoms. The van der Waals surface area contributed by atoms with Gasteiger partial charge in [-0.1, -0.05) is 12.1 Å². The first-order chi connectivity index (χ1) is 9.28. The van der Waals surface area contributed by atoms with E-state index in [1.54, 1.807) is 16.4 Å². The molecule has 2 aromatic rings. The number of aromatic nitrogens is 3. The third kappa shape index (κ3) is 2.47. The summed E-state index contributed by atoms with van der Waals surface area (Å²) in [4.78, 5) is 13.4. The minimum absolute atomic E-state index is 0.0312. The summed E-state index contributed by atoms with van der Waals surface area (Å²) in [6.45, 7) is 1.38. The number of thioether (sulfide) groups is 1. The second kappa shape index (κ2) is 5.25. The van der Waals surface area contributed by atoms with E-state index in [0.717, 1.165) is 37.2 Å². The van der Waals surface area contributed by atoms with Gasteiger partial charge in [-0.3, -0.25) is 4.57 Å². The molecule has 0 spiro atoms. The summed E-state index contributed by atoms with van der Waals surface area (Å²) in [6.07, 6.45) is 5.20. The van der Waals surface area contributed by atoms with E-state index in [4.69, 9.17) is 0 Å². The largest absolute Gasteiger partial charge is 0.346 e. The number of hydrogen-bond acceptors (Lipinski definition) is 3. The van der Waals surface area contributed by atoms with Crippen molar-refractivity contribution in [2.75, 3.05) is 6.26 Å². The number of fused-ring (bicyclic) bond motifs is 1. The lowest BCUT2D eigenvalue weighted by molar-refractivity contribution is 0.511. The molecule has 0 radical (unpaired) electrons. The average Bonchev–Trinajstić information content (AvgIpc) is 2.77. The molecule has 5 heteroatoms. The first-order valence-electron chi connectivity index (χ1n) is 6.57. The SMILES string of the molecule is CSc1ccc(Cn2nc3n(c2=O)CCCC3)cc1. The van der Waals surface area contributed by atoms with Crippen LogP contribution >= 0.6 is 11.8 Å². The third-order valence-corrected chi connectivity index (χ3v) is 4.27. The second-order valence-corrected chi connectivity index (χ2v) is 5.69. The van der Waals surface area contributed by atoms with Crippen molar-refractivity contribution in [2.24, 2.45) is 0 Å². The molecule has 0 fully saturated rings. The quantitative estimate of drug-likeness (QED) is 0.806. The highest BCUT2D eigenvalue weighted by Gasteiger charge is 2.16. The molecule has 1 aliphatic heterocycles. The van der Waals surface area contributed by atoms with Crippen molar-refractivity contribution < 1.29 is 0 Å². The van der Waals surface area contributed by atoms with Gasteiger partial charge in [-0.2, -0.15) is 5.10 Å². The number of benzene rings is 1. The molecule has 0 saturated carbocycles. The summed E-state index contributed by atoms with van der Waals surface area (Å²) in [5, 5.41) is 4.45. The number of nitrogens with zero attached hydrogens (tertiary/aromatic N) is 3. The second-order valence-electron chi connectivity index (χ2n) is 4.81. The zero-order valence-corrected chi connectivity index (χ0v) is 11.8. The molecule has 3 rings (SSSR count). The van der Waals surface area contributed by atoms with Crippen molar-refractivity contribution in [1.82, 2.24) is 14.3 Å². The average molecular weight is 275 g/mol. The zero-order chi connectivity index (χ0) is 13.2. The fraction of sp³-hybridized carbons (Fsp3) is 0.429. The summed E-state index contributed by atoms with van der Waals surface area (Å²) in [6, 6.07) is 8.30. The topological polar surface area (TPSA) is 39.8 Å². The minimum atomic E-state index is 0.0312. The highest BCUT2D eigenvalue weighted by Crippen LogP contribution is 2.15. The van der Waals surface area contributed by atoms with E-state index in [1.165, 1.54) is 4.90 Å². The Morgan fingerprint density at radius 1 is 1.26 bits per heavy atom. The van der Waals surface area contributed by atoms with E-state index < -0.39 is 0 Å². The minimum Gasteiger partial charge on any atom is -0.279 e. The van der Waals surface area contributed by atoms with Crippen molar-refractivity contribution in [3.8, 4) is 0 Å². The first-order valence-corrected chi connectivity index (χ1v) is 7.80.